The normalized spacial score (nSPS) is 19.8. The molecule has 0 bridgehead atoms. The van der Waals surface area contributed by atoms with Crippen molar-refractivity contribution < 1.29 is 4.79 Å². The molecular weight excluding hydrogens is 372 g/mol. The third-order valence-electron chi connectivity index (χ3n) is 5.55. The quantitative estimate of drug-likeness (QED) is 0.794. The molecule has 28 heavy (non-hydrogen) atoms. The molecule has 0 aliphatic carbocycles. The molecule has 0 saturated carbocycles. The Bertz CT molecular complexity index is 886. The zero-order valence-corrected chi connectivity index (χ0v) is 17.0. The van der Waals surface area contributed by atoms with Gasteiger partial charge in [0, 0.05) is 59.7 Å². The Hall–Kier alpha value is -2.37. The minimum Gasteiger partial charge on any atom is -0.369 e. The molecule has 2 aromatic carbocycles. The van der Waals surface area contributed by atoms with E-state index in [0.717, 1.165) is 49.3 Å². The molecule has 4 rings (SSSR count). The van der Waals surface area contributed by atoms with Crippen molar-refractivity contribution in [3.8, 4) is 0 Å². The van der Waals surface area contributed by atoms with Crippen molar-refractivity contribution in [2.45, 2.75) is 25.9 Å². The fourth-order valence-electron chi connectivity index (χ4n) is 3.88. The van der Waals surface area contributed by atoms with Crippen molar-refractivity contribution in [2.24, 2.45) is 4.99 Å². The van der Waals surface area contributed by atoms with Crippen LogP contribution in [-0.2, 0) is 4.79 Å². The zero-order valence-electron chi connectivity index (χ0n) is 16.2. The fourth-order valence-corrected chi connectivity index (χ4v) is 4.17. The molecular formula is C22H25ClN4O. The third kappa shape index (κ3) is 3.64. The van der Waals surface area contributed by atoms with Gasteiger partial charge in [0.15, 0.2) is 0 Å². The first-order valence-electron chi connectivity index (χ1n) is 9.75. The Morgan fingerprint density at radius 3 is 2.46 bits per heavy atom. The number of nitrogens with zero attached hydrogens (tertiary/aromatic N) is 3. The molecule has 2 heterocycles. The molecule has 1 unspecified atom stereocenters. The van der Waals surface area contributed by atoms with Gasteiger partial charge in [-0.25, -0.2) is 0 Å². The van der Waals surface area contributed by atoms with Gasteiger partial charge in [-0.15, -0.1) is 0 Å². The maximum absolute atomic E-state index is 11.6. The highest BCUT2D eigenvalue weighted by atomic mass is 35.5. The molecule has 5 nitrogen and oxygen atoms in total. The summed E-state index contributed by atoms with van der Waals surface area (Å²) in [6.45, 7) is 8.75. The number of fused-ring (bicyclic) bond motifs is 1. The number of rotatable bonds is 4. The Morgan fingerprint density at radius 1 is 1.11 bits per heavy atom. The lowest BCUT2D eigenvalue weighted by atomic mass is 10.0. The number of benzene rings is 2. The first kappa shape index (κ1) is 19.0. The van der Waals surface area contributed by atoms with Gasteiger partial charge in [0.05, 0.1) is 0 Å². The molecule has 1 fully saturated rings. The van der Waals surface area contributed by atoms with Crippen LogP contribution in [0.25, 0.3) is 0 Å². The summed E-state index contributed by atoms with van der Waals surface area (Å²) in [7, 11) is 0. The summed E-state index contributed by atoms with van der Waals surface area (Å²) >= 11 is 6.27. The van der Waals surface area contributed by atoms with Gasteiger partial charge >= 0.3 is 0 Å². The SMILES string of the molecule is CC(C)N1CCN(c2ccc(C3=NC(C=O)c4c(Cl)cccc4N3)cc2)CC1. The summed E-state index contributed by atoms with van der Waals surface area (Å²) in [6, 6.07) is 14.0. The second-order valence-corrected chi connectivity index (χ2v) is 7.96. The number of carbonyl (C=O) groups excluding carboxylic acids is 1. The largest absolute Gasteiger partial charge is 0.369 e. The van der Waals surface area contributed by atoms with E-state index in [1.54, 1.807) is 6.07 Å². The number of hydrogen-bond donors (Lipinski definition) is 1. The predicted molar refractivity (Wildman–Crippen MR) is 116 cm³/mol. The molecule has 0 amide bonds. The number of hydrogen-bond acceptors (Lipinski definition) is 5. The van der Waals surface area contributed by atoms with Crippen LogP contribution in [0.5, 0.6) is 0 Å². The number of halogens is 1. The topological polar surface area (TPSA) is 47.9 Å². The minimum atomic E-state index is -0.580. The summed E-state index contributed by atoms with van der Waals surface area (Å²) in [6.07, 6.45) is 0.841. The van der Waals surface area contributed by atoms with Crippen molar-refractivity contribution >= 4 is 35.1 Å². The van der Waals surface area contributed by atoms with Crippen LogP contribution in [0.4, 0.5) is 11.4 Å². The molecule has 2 aliphatic heterocycles. The maximum atomic E-state index is 11.6. The van der Waals surface area contributed by atoms with Gasteiger partial charge in [-0.1, -0.05) is 17.7 Å². The number of piperazine rings is 1. The lowest BCUT2D eigenvalue weighted by molar-refractivity contribution is -0.108. The Morgan fingerprint density at radius 2 is 1.82 bits per heavy atom. The van der Waals surface area contributed by atoms with E-state index in [1.165, 1.54) is 5.69 Å². The second-order valence-electron chi connectivity index (χ2n) is 7.55. The van der Waals surface area contributed by atoms with E-state index < -0.39 is 6.04 Å². The van der Waals surface area contributed by atoms with Crippen molar-refractivity contribution in [1.82, 2.24) is 4.90 Å². The monoisotopic (exact) mass is 396 g/mol. The lowest BCUT2D eigenvalue weighted by Gasteiger charge is -2.38. The number of amidine groups is 1. The maximum Gasteiger partial charge on any atom is 0.149 e. The van der Waals surface area contributed by atoms with Crippen molar-refractivity contribution in [3.63, 3.8) is 0 Å². The van der Waals surface area contributed by atoms with E-state index in [2.05, 4.69) is 58.2 Å². The van der Waals surface area contributed by atoms with E-state index in [1.807, 2.05) is 12.1 Å². The first-order chi connectivity index (χ1) is 13.6. The van der Waals surface area contributed by atoms with Crippen molar-refractivity contribution in [1.29, 1.82) is 0 Å². The molecule has 0 spiro atoms. The van der Waals surface area contributed by atoms with Gasteiger partial charge < -0.3 is 15.0 Å². The van der Waals surface area contributed by atoms with Crippen molar-refractivity contribution in [2.75, 3.05) is 36.4 Å². The number of anilines is 2. The van der Waals surface area contributed by atoms with Crippen molar-refractivity contribution in [3.05, 3.63) is 58.6 Å². The number of nitrogens with one attached hydrogen (secondary N) is 1. The van der Waals surface area contributed by atoms with Crippen LogP contribution < -0.4 is 10.2 Å². The molecule has 1 saturated heterocycles. The number of aliphatic imine (C=N–C) groups is 1. The molecule has 146 valence electrons. The van der Waals surface area contributed by atoms with Crippen LogP contribution in [0.15, 0.2) is 47.5 Å². The zero-order chi connectivity index (χ0) is 19.7. The fraction of sp³-hybridized carbons (Fsp3) is 0.364. The Balaban J connectivity index is 1.52. The molecule has 2 aliphatic rings. The van der Waals surface area contributed by atoms with Crippen LogP contribution in [0.3, 0.4) is 0 Å². The molecule has 1 N–H and O–H groups in total. The van der Waals surface area contributed by atoms with Gasteiger partial charge in [-0.3, -0.25) is 9.89 Å². The van der Waals surface area contributed by atoms with Crippen LogP contribution >= 0.6 is 11.6 Å². The Labute approximate surface area is 171 Å². The summed E-state index contributed by atoms with van der Waals surface area (Å²) in [5.74, 6) is 0.697. The van der Waals surface area contributed by atoms with Gasteiger partial charge in [0.25, 0.3) is 0 Å². The van der Waals surface area contributed by atoms with Crippen LogP contribution in [0, 0.1) is 0 Å². The van der Waals surface area contributed by atoms with Crippen LogP contribution in [0.1, 0.15) is 31.0 Å². The molecule has 0 radical (unpaired) electrons. The van der Waals surface area contributed by atoms with E-state index in [9.17, 15) is 4.79 Å². The smallest absolute Gasteiger partial charge is 0.149 e. The van der Waals surface area contributed by atoms with E-state index in [-0.39, 0.29) is 0 Å². The number of carbonyl (C=O) groups is 1. The Kier molecular flexibility index (Phi) is 5.38. The molecule has 2 aromatic rings. The predicted octanol–water partition coefficient (Wildman–Crippen LogP) is 3.98. The second kappa shape index (κ2) is 7.94. The van der Waals surface area contributed by atoms with E-state index in [4.69, 9.17) is 11.6 Å². The minimum absolute atomic E-state index is 0.556. The molecule has 0 aromatic heterocycles. The summed E-state index contributed by atoms with van der Waals surface area (Å²) in [4.78, 5) is 21.1. The standard InChI is InChI=1S/C22H25ClN4O/c1-15(2)26-10-12-27(13-11-26)17-8-6-16(7-9-17)22-24-19-5-3-4-18(23)21(19)20(14-28)25-22/h3-9,14-15,20H,10-13H2,1-2H3,(H,24,25). The first-order valence-corrected chi connectivity index (χ1v) is 10.1. The molecule has 6 heteroatoms. The van der Waals surface area contributed by atoms with Crippen LogP contribution in [0.2, 0.25) is 5.02 Å². The summed E-state index contributed by atoms with van der Waals surface area (Å²) < 4.78 is 0. The van der Waals surface area contributed by atoms with E-state index in [0.29, 0.717) is 16.9 Å². The van der Waals surface area contributed by atoms with Crippen LogP contribution in [-0.4, -0.2) is 49.2 Å². The number of aldehydes is 1. The van der Waals surface area contributed by atoms with Gasteiger partial charge in [-0.2, -0.15) is 0 Å². The highest BCUT2D eigenvalue weighted by molar-refractivity contribution is 6.32. The van der Waals surface area contributed by atoms with Gasteiger partial charge in [0.2, 0.25) is 0 Å². The highest BCUT2D eigenvalue weighted by Gasteiger charge is 2.24. The third-order valence-corrected chi connectivity index (χ3v) is 5.88. The van der Waals surface area contributed by atoms with Gasteiger partial charge in [-0.05, 0) is 50.2 Å². The average Bonchev–Trinajstić information content (AvgIpc) is 2.73. The average molecular weight is 397 g/mol. The van der Waals surface area contributed by atoms with E-state index >= 15 is 0 Å². The molecule has 1 atom stereocenters. The summed E-state index contributed by atoms with van der Waals surface area (Å²) in [5.41, 5.74) is 3.76. The summed E-state index contributed by atoms with van der Waals surface area (Å²) in [5, 5.41) is 3.88. The van der Waals surface area contributed by atoms with Gasteiger partial charge in [0.1, 0.15) is 18.2 Å². The highest BCUT2D eigenvalue weighted by Crippen LogP contribution is 2.35. The lowest BCUT2D eigenvalue weighted by Crippen LogP contribution is -2.48.